The number of hydrogen-bond donors (Lipinski definition) is 0. The summed E-state index contributed by atoms with van der Waals surface area (Å²) in [7, 11) is 0. The van der Waals surface area contributed by atoms with E-state index in [1.54, 1.807) is 12.1 Å². The number of hydrogen-bond acceptors (Lipinski definition) is 5. The zero-order chi connectivity index (χ0) is 18.1. The number of fused-ring (bicyclic) bond motifs is 2. The first-order chi connectivity index (χ1) is 12.6. The molecule has 3 aromatic rings. The largest absolute Gasteiger partial charge is 0.486 e. The summed E-state index contributed by atoms with van der Waals surface area (Å²) in [5.74, 6) is 0.783. The summed E-state index contributed by atoms with van der Waals surface area (Å²) in [6.45, 7) is 3.00. The maximum atomic E-state index is 13.7. The number of carbonyl (C=O) groups excluding carboxylic acids is 1. The van der Waals surface area contributed by atoms with Crippen molar-refractivity contribution in [2.45, 2.75) is 11.9 Å². The van der Waals surface area contributed by atoms with E-state index in [1.165, 1.54) is 23.9 Å². The molecule has 0 aliphatic carbocycles. The summed E-state index contributed by atoms with van der Waals surface area (Å²) in [4.78, 5) is 16.9. The normalized spacial score (nSPS) is 13.0. The maximum absolute atomic E-state index is 13.7. The van der Waals surface area contributed by atoms with E-state index in [0.717, 1.165) is 27.2 Å². The van der Waals surface area contributed by atoms with Gasteiger partial charge in [0.05, 0.1) is 16.8 Å². The highest BCUT2D eigenvalue weighted by atomic mass is 32.2. The molecule has 0 spiro atoms. The minimum absolute atomic E-state index is 0.109. The molecule has 0 N–H and O–H groups in total. The smallest absolute Gasteiger partial charge is 0.176 e. The van der Waals surface area contributed by atoms with Gasteiger partial charge in [-0.1, -0.05) is 23.9 Å². The van der Waals surface area contributed by atoms with Gasteiger partial charge >= 0.3 is 0 Å². The number of benzene rings is 2. The van der Waals surface area contributed by atoms with Crippen molar-refractivity contribution in [1.29, 1.82) is 0 Å². The average molecular weight is 369 g/mol. The van der Waals surface area contributed by atoms with E-state index in [9.17, 15) is 9.18 Å². The summed E-state index contributed by atoms with van der Waals surface area (Å²) in [5, 5.41) is 1.70. The van der Waals surface area contributed by atoms with Gasteiger partial charge in [0.15, 0.2) is 17.3 Å². The molecule has 0 unspecified atom stereocenters. The first-order valence-corrected chi connectivity index (χ1v) is 9.22. The van der Waals surface area contributed by atoms with E-state index >= 15 is 0 Å². The number of halogens is 1. The Hall–Kier alpha value is -2.60. The van der Waals surface area contributed by atoms with Gasteiger partial charge in [-0.05, 0) is 36.8 Å². The molecule has 1 aromatic heterocycles. The van der Waals surface area contributed by atoms with Crippen LogP contribution in [0.2, 0.25) is 0 Å². The van der Waals surface area contributed by atoms with Crippen LogP contribution in [-0.2, 0) is 0 Å². The van der Waals surface area contributed by atoms with Crippen molar-refractivity contribution in [3.8, 4) is 11.5 Å². The van der Waals surface area contributed by atoms with Crippen LogP contribution in [-0.4, -0.2) is 29.7 Å². The number of ether oxygens (including phenoxy) is 2. The van der Waals surface area contributed by atoms with Crippen LogP contribution in [0.25, 0.3) is 10.9 Å². The lowest BCUT2D eigenvalue weighted by Crippen LogP contribution is -2.15. The van der Waals surface area contributed by atoms with Gasteiger partial charge in [-0.25, -0.2) is 9.37 Å². The van der Waals surface area contributed by atoms with E-state index < -0.39 is 5.82 Å². The molecular formula is C20H16FNO3S. The summed E-state index contributed by atoms with van der Waals surface area (Å²) in [6, 6.07) is 11.8. The zero-order valence-corrected chi connectivity index (χ0v) is 14.9. The Morgan fingerprint density at radius 1 is 1.15 bits per heavy atom. The van der Waals surface area contributed by atoms with E-state index in [0.29, 0.717) is 19.0 Å². The molecule has 0 saturated heterocycles. The molecule has 132 valence electrons. The molecule has 1 aliphatic rings. The van der Waals surface area contributed by atoms with Gasteiger partial charge in [0.1, 0.15) is 24.1 Å². The first kappa shape index (κ1) is 16.8. The topological polar surface area (TPSA) is 48.4 Å². The number of aryl methyl sites for hydroxylation is 1. The second-order valence-corrected chi connectivity index (χ2v) is 6.95. The number of rotatable bonds is 4. The summed E-state index contributed by atoms with van der Waals surface area (Å²) >= 11 is 1.31. The summed E-state index contributed by atoms with van der Waals surface area (Å²) in [6.07, 6.45) is 0. The summed E-state index contributed by atoms with van der Waals surface area (Å²) in [5.41, 5.74) is 1.85. The SMILES string of the molecule is Cc1cc2cc3c(cc2nc1SCC(=O)c1ccccc1F)OCCO3. The number of carbonyl (C=O) groups is 1. The van der Waals surface area contributed by atoms with Gasteiger partial charge in [0.2, 0.25) is 0 Å². The predicted octanol–water partition coefficient (Wildman–Crippen LogP) is 4.43. The van der Waals surface area contributed by atoms with Crippen LogP contribution in [0, 0.1) is 12.7 Å². The Balaban J connectivity index is 1.59. The molecule has 6 heteroatoms. The number of Topliss-reactive ketones (excluding diaryl/α,β-unsaturated/α-hetero) is 1. The standard InChI is InChI=1S/C20H16FNO3S/c1-12-8-13-9-18-19(25-7-6-24-18)10-16(13)22-20(12)26-11-17(23)14-4-2-3-5-15(14)21/h2-5,8-10H,6-7,11H2,1H3. The van der Waals surface area contributed by atoms with Crippen molar-refractivity contribution < 1.29 is 18.7 Å². The van der Waals surface area contributed by atoms with Gasteiger partial charge < -0.3 is 9.47 Å². The van der Waals surface area contributed by atoms with Crippen LogP contribution < -0.4 is 9.47 Å². The minimum Gasteiger partial charge on any atom is -0.486 e. The van der Waals surface area contributed by atoms with Gasteiger partial charge in [-0.2, -0.15) is 0 Å². The van der Waals surface area contributed by atoms with E-state index in [2.05, 4.69) is 4.98 Å². The van der Waals surface area contributed by atoms with Crippen LogP contribution in [0.5, 0.6) is 11.5 Å². The van der Waals surface area contributed by atoms with E-state index in [1.807, 2.05) is 25.1 Å². The Morgan fingerprint density at radius 3 is 2.65 bits per heavy atom. The van der Waals surface area contributed by atoms with E-state index in [4.69, 9.17) is 9.47 Å². The van der Waals surface area contributed by atoms with Gasteiger partial charge in [-0.15, -0.1) is 0 Å². The van der Waals surface area contributed by atoms with Crippen molar-refractivity contribution in [2.24, 2.45) is 0 Å². The van der Waals surface area contributed by atoms with Crippen LogP contribution in [0.4, 0.5) is 4.39 Å². The maximum Gasteiger partial charge on any atom is 0.176 e. The van der Waals surface area contributed by atoms with Gasteiger partial charge in [0.25, 0.3) is 0 Å². The molecule has 4 rings (SSSR count). The average Bonchev–Trinajstić information content (AvgIpc) is 2.65. The minimum atomic E-state index is -0.495. The third-order valence-electron chi connectivity index (χ3n) is 4.14. The van der Waals surface area contributed by atoms with E-state index in [-0.39, 0.29) is 17.1 Å². The fourth-order valence-electron chi connectivity index (χ4n) is 2.84. The Kier molecular flexibility index (Phi) is 4.51. The fraction of sp³-hybridized carbons (Fsp3) is 0.200. The third-order valence-corrected chi connectivity index (χ3v) is 5.23. The Bertz CT molecular complexity index is 1010. The van der Waals surface area contributed by atoms with Crippen LogP contribution in [0.1, 0.15) is 15.9 Å². The van der Waals surface area contributed by atoms with Crippen LogP contribution >= 0.6 is 11.8 Å². The van der Waals surface area contributed by atoms with Crippen molar-refractivity contribution >= 4 is 28.4 Å². The lowest BCUT2D eigenvalue weighted by molar-refractivity contribution is 0.101. The number of pyridine rings is 1. The van der Waals surface area contributed by atoms with Crippen molar-refractivity contribution in [2.75, 3.05) is 19.0 Å². The molecule has 4 nitrogen and oxygen atoms in total. The van der Waals surface area contributed by atoms with Gasteiger partial charge in [0, 0.05) is 11.5 Å². The Morgan fingerprint density at radius 2 is 1.88 bits per heavy atom. The lowest BCUT2D eigenvalue weighted by Gasteiger charge is -2.19. The van der Waals surface area contributed by atoms with Crippen LogP contribution in [0.15, 0.2) is 47.5 Å². The first-order valence-electron chi connectivity index (χ1n) is 8.23. The molecule has 0 radical (unpaired) electrons. The molecule has 2 aromatic carbocycles. The molecule has 0 bridgehead atoms. The second-order valence-electron chi connectivity index (χ2n) is 5.99. The number of ketones is 1. The molecule has 0 fully saturated rings. The Labute approximate surface area is 154 Å². The summed E-state index contributed by atoms with van der Waals surface area (Å²) < 4.78 is 24.9. The lowest BCUT2D eigenvalue weighted by atomic mass is 10.1. The number of thioether (sulfide) groups is 1. The molecule has 0 saturated carbocycles. The fourth-order valence-corrected chi connectivity index (χ4v) is 3.72. The molecule has 1 aliphatic heterocycles. The monoisotopic (exact) mass is 369 g/mol. The highest BCUT2D eigenvalue weighted by molar-refractivity contribution is 8.00. The van der Waals surface area contributed by atoms with Crippen molar-refractivity contribution in [1.82, 2.24) is 4.98 Å². The predicted molar refractivity (Wildman–Crippen MR) is 98.9 cm³/mol. The molecule has 2 heterocycles. The van der Waals surface area contributed by atoms with Crippen molar-refractivity contribution in [3.05, 3.63) is 59.4 Å². The highest BCUT2D eigenvalue weighted by Gasteiger charge is 2.16. The quantitative estimate of drug-likeness (QED) is 0.503. The highest BCUT2D eigenvalue weighted by Crippen LogP contribution is 2.35. The molecule has 26 heavy (non-hydrogen) atoms. The van der Waals surface area contributed by atoms with Crippen molar-refractivity contribution in [3.63, 3.8) is 0 Å². The number of nitrogens with zero attached hydrogens (tertiary/aromatic N) is 1. The molecular weight excluding hydrogens is 353 g/mol. The zero-order valence-electron chi connectivity index (χ0n) is 14.1. The van der Waals surface area contributed by atoms with Gasteiger partial charge in [-0.3, -0.25) is 4.79 Å². The van der Waals surface area contributed by atoms with Crippen LogP contribution in [0.3, 0.4) is 0 Å². The second kappa shape index (κ2) is 6.96. The number of aromatic nitrogens is 1. The molecule has 0 amide bonds. The third kappa shape index (κ3) is 3.24. The molecule has 0 atom stereocenters.